The molecular weight excluding hydrogens is 422 g/mol. The number of benzene rings is 2. The van der Waals surface area contributed by atoms with Crippen LogP contribution in [0.3, 0.4) is 0 Å². The molecule has 4 aliphatic rings. The minimum absolute atomic E-state index is 0.469. The molecule has 0 saturated heterocycles. The summed E-state index contributed by atoms with van der Waals surface area (Å²) < 4.78 is 0. The Morgan fingerprint density at radius 1 is 1.00 bits per heavy atom. The molecule has 0 aromatic heterocycles. The highest BCUT2D eigenvalue weighted by molar-refractivity contribution is 6.20. The number of rotatable bonds is 4. The number of allylic oxidation sites excluding steroid dienone is 8. The first-order chi connectivity index (χ1) is 17.3. The molecule has 3 aliphatic carbocycles. The van der Waals surface area contributed by atoms with Crippen LogP contribution in [0.1, 0.15) is 68.1 Å². The summed E-state index contributed by atoms with van der Waals surface area (Å²) in [5, 5.41) is 6.03. The van der Waals surface area contributed by atoms with Gasteiger partial charge in [0.25, 0.3) is 0 Å². The molecule has 2 unspecified atom stereocenters. The van der Waals surface area contributed by atoms with E-state index in [1.807, 2.05) is 0 Å². The molecule has 0 amide bonds. The van der Waals surface area contributed by atoms with Crippen molar-refractivity contribution in [1.82, 2.24) is 5.32 Å². The second kappa shape index (κ2) is 9.43. The number of hydrogen-bond acceptors (Lipinski definition) is 1. The van der Waals surface area contributed by atoms with Crippen LogP contribution < -0.4 is 5.32 Å². The summed E-state index contributed by atoms with van der Waals surface area (Å²) in [5.41, 5.74) is 7.84. The Morgan fingerprint density at radius 2 is 1.89 bits per heavy atom. The predicted octanol–water partition coefficient (Wildman–Crippen LogP) is 8.17. The highest BCUT2D eigenvalue weighted by Gasteiger charge is 2.32. The van der Waals surface area contributed by atoms with Crippen LogP contribution in [-0.4, -0.2) is 6.54 Å². The van der Waals surface area contributed by atoms with E-state index in [9.17, 15) is 0 Å². The molecule has 1 nitrogen and oxygen atoms in total. The first-order valence-corrected chi connectivity index (χ1v) is 13.5. The lowest BCUT2D eigenvalue weighted by molar-refractivity contribution is 0.233. The van der Waals surface area contributed by atoms with Crippen molar-refractivity contribution in [2.24, 2.45) is 17.8 Å². The second-order valence-corrected chi connectivity index (χ2v) is 10.7. The Hall–Kier alpha value is -3.24. The molecule has 2 aromatic rings. The average Bonchev–Trinajstić information content (AvgIpc) is 3.24. The van der Waals surface area contributed by atoms with Crippen molar-refractivity contribution in [1.29, 1.82) is 0 Å². The van der Waals surface area contributed by atoms with Crippen LogP contribution in [0.4, 0.5) is 0 Å². The highest BCUT2D eigenvalue weighted by Crippen LogP contribution is 2.48. The van der Waals surface area contributed by atoms with Gasteiger partial charge < -0.3 is 5.32 Å². The van der Waals surface area contributed by atoms with Crippen LogP contribution in [0, 0.1) is 30.1 Å². The normalized spacial score (nSPS) is 27.8. The molecule has 35 heavy (non-hydrogen) atoms. The Bertz CT molecular complexity index is 1330. The van der Waals surface area contributed by atoms with Gasteiger partial charge in [-0.2, -0.15) is 0 Å². The molecule has 0 radical (unpaired) electrons. The quantitative estimate of drug-likeness (QED) is 0.361. The van der Waals surface area contributed by atoms with Gasteiger partial charge >= 0.3 is 0 Å². The van der Waals surface area contributed by atoms with Gasteiger partial charge in [0.05, 0.1) is 0 Å². The smallest absolute Gasteiger partial charge is 0.0400 e. The molecule has 0 bridgehead atoms. The Labute approximate surface area is 210 Å². The van der Waals surface area contributed by atoms with E-state index in [0.29, 0.717) is 5.92 Å². The molecule has 1 saturated carbocycles. The Kier molecular flexibility index (Phi) is 5.99. The summed E-state index contributed by atoms with van der Waals surface area (Å²) >= 11 is 0. The molecule has 1 heteroatoms. The van der Waals surface area contributed by atoms with Crippen LogP contribution in [-0.2, 0) is 0 Å². The fourth-order valence-electron chi connectivity index (χ4n) is 7.08. The molecule has 2 atom stereocenters. The predicted molar refractivity (Wildman–Crippen MR) is 150 cm³/mol. The van der Waals surface area contributed by atoms with Gasteiger partial charge in [-0.3, -0.25) is 0 Å². The summed E-state index contributed by atoms with van der Waals surface area (Å²) in [6, 6.07) is 11.2. The van der Waals surface area contributed by atoms with E-state index in [1.165, 1.54) is 77.1 Å². The Morgan fingerprint density at radius 3 is 2.60 bits per heavy atom. The maximum absolute atomic E-state index is 6.03. The molecule has 1 N–H and O–H groups in total. The van der Waals surface area contributed by atoms with Crippen LogP contribution >= 0.6 is 0 Å². The fourth-order valence-corrected chi connectivity index (χ4v) is 7.08. The van der Waals surface area contributed by atoms with Gasteiger partial charge in [-0.15, -0.1) is 6.42 Å². The number of terminal acetylenes is 1. The molecule has 1 aliphatic heterocycles. The van der Waals surface area contributed by atoms with Crippen LogP contribution in [0.25, 0.3) is 21.9 Å². The first kappa shape index (κ1) is 22.2. The minimum atomic E-state index is 0.469. The third kappa shape index (κ3) is 3.90. The van der Waals surface area contributed by atoms with Gasteiger partial charge in [-0.05, 0) is 102 Å². The summed E-state index contributed by atoms with van der Waals surface area (Å²) in [7, 11) is 0. The maximum Gasteiger partial charge on any atom is 0.0400 e. The van der Waals surface area contributed by atoms with Crippen molar-refractivity contribution in [3.05, 3.63) is 95.3 Å². The zero-order valence-corrected chi connectivity index (χ0v) is 20.8. The van der Waals surface area contributed by atoms with E-state index in [1.54, 1.807) is 0 Å². The second-order valence-electron chi connectivity index (χ2n) is 10.7. The average molecular weight is 458 g/mol. The third-order valence-corrected chi connectivity index (χ3v) is 8.83. The number of dihydropyridines is 1. The standard InChI is InChI=1S/C34H35N/c1-3-7-31-29(4-2)32-10-5-8-27-19-20-30(34(31)33(27)32)26-17-15-24(16-18-26)23-11-13-25(14-12-23)28-9-6-21-35-22-28/h2-3,5-10,15,17,19-20,22-26,35H,11-14,16,18,21H2,1H3/b7-3-. The van der Waals surface area contributed by atoms with E-state index < -0.39 is 0 Å². The van der Waals surface area contributed by atoms with E-state index in [2.05, 4.69) is 91.1 Å². The topological polar surface area (TPSA) is 12.0 Å². The Balaban J connectivity index is 1.23. The van der Waals surface area contributed by atoms with Crippen molar-refractivity contribution >= 4 is 21.9 Å². The van der Waals surface area contributed by atoms with Crippen molar-refractivity contribution in [3.8, 4) is 12.3 Å². The maximum atomic E-state index is 6.03. The molecule has 1 fully saturated rings. The summed E-state index contributed by atoms with van der Waals surface area (Å²) in [5.74, 6) is 5.80. The lowest BCUT2D eigenvalue weighted by Crippen LogP contribution is -2.24. The molecule has 176 valence electrons. The zero-order chi connectivity index (χ0) is 23.8. The largest absolute Gasteiger partial charge is 0.387 e. The molecular formula is C34H35N. The van der Waals surface area contributed by atoms with Crippen molar-refractivity contribution in [3.63, 3.8) is 0 Å². The van der Waals surface area contributed by atoms with E-state index in [4.69, 9.17) is 6.42 Å². The fraction of sp³-hybridized carbons (Fsp3) is 0.353. The summed E-state index contributed by atoms with van der Waals surface area (Å²) in [6.45, 7) is 3.06. The zero-order valence-electron chi connectivity index (χ0n) is 20.8. The van der Waals surface area contributed by atoms with Gasteiger partial charge in [-0.1, -0.05) is 72.7 Å². The van der Waals surface area contributed by atoms with Crippen molar-refractivity contribution < 1.29 is 0 Å². The van der Waals surface area contributed by atoms with Gasteiger partial charge in [-0.25, -0.2) is 0 Å². The van der Waals surface area contributed by atoms with E-state index in [0.717, 1.165) is 29.9 Å². The highest BCUT2D eigenvalue weighted by atomic mass is 14.8. The van der Waals surface area contributed by atoms with Crippen LogP contribution in [0.5, 0.6) is 0 Å². The molecule has 2 aromatic carbocycles. The van der Waals surface area contributed by atoms with E-state index >= 15 is 0 Å². The third-order valence-electron chi connectivity index (χ3n) is 8.83. The SMILES string of the molecule is C#CC1=C(/C=C\C)c2c(C3C=CC(C4CCC(C5=CNCC=C5)CC4)CC3)ccc3cccc1c23. The number of nitrogens with one attached hydrogen (secondary N) is 1. The molecule has 0 spiro atoms. The van der Waals surface area contributed by atoms with Gasteiger partial charge in [0, 0.05) is 24.2 Å². The van der Waals surface area contributed by atoms with Gasteiger partial charge in [0.2, 0.25) is 0 Å². The number of hydrogen-bond donors (Lipinski definition) is 1. The summed E-state index contributed by atoms with van der Waals surface area (Å²) in [6.07, 6.45) is 30.2. The molecule has 1 heterocycles. The summed E-state index contributed by atoms with van der Waals surface area (Å²) in [4.78, 5) is 0. The van der Waals surface area contributed by atoms with Crippen molar-refractivity contribution in [2.75, 3.05) is 6.54 Å². The van der Waals surface area contributed by atoms with Gasteiger partial charge in [0.15, 0.2) is 0 Å². The minimum Gasteiger partial charge on any atom is -0.387 e. The van der Waals surface area contributed by atoms with Crippen LogP contribution in [0.2, 0.25) is 0 Å². The first-order valence-electron chi connectivity index (χ1n) is 13.5. The van der Waals surface area contributed by atoms with Crippen LogP contribution in [0.15, 0.2) is 78.6 Å². The van der Waals surface area contributed by atoms with Crippen molar-refractivity contribution in [2.45, 2.75) is 51.4 Å². The lowest BCUT2D eigenvalue weighted by atomic mass is 9.69. The molecule has 6 rings (SSSR count). The van der Waals surface area contributed by atoms with Gasteiger partial charge in [0.1, 0.15) is 0 Å². The lowest BCUT2D eigenvalue weighted by Gasteiger charge is -2.36. The van der Waals surface area contributed by atoms with E-state index in [-0.39, 0.29) is 0 Å². The monoisotopic (exact) mass is 457 g/mol.